The molecule has 4 heteroatoms. The quantitative estimate of drug-likeness (QED) is 0.727. The maximum atomic E-state index is 4.27. The summed E-state index contributed by atoms with van der Waals surface area (Å²) in [5, 5.41) is 8.46. The van der Waals surface area contributed by atoms with E-state index in [4.69, 9.17) is 0 Å². The zero-order valence-corrected chi connectivity index (χ0v) is 7.33. The first-order valence-corrected chi connectivity index (χ1v) is 4.21. The minimum atomic E-state index is 0.982. The summed E-state index contributed by atoms with van der Waals surface area (Å²) in [6.45, 7) is 4.10. The molecule has 0 atom stereocenters. The number of H-pyrrole nitrogens is 1. The second-order valence-corrected chi connectivity index (χ2v) is 2.98. The third-order valence-electron chi connectivity index (χ3n) is 1.79. The molecule has 0 aliphatic heterocycles. The van der Waals surface area contributed by atoms with E-state index in [1.807, 2.05) is 13.0 Å². The monoisotopic (exact) mass is 164 g/mol. The first kappa shape index (κ1) is 7.34. The van der Waals surface area contributed by atoms with Gasteiger partial charge in [-0.25, -0.2) is 0 Å². The molecule has 0 saturated carbocycles. The van der Waals surface area contributed by atoms with Crippen LogP contribution in [0.25, 0.3) is 5.65 Å². The molecule has 64 valence electrons. The standard InChI is InChI=1S/C8H12N4/c1-3-4-7-9-8-5-6(2)10-12(8)11-7/h5H,3-4H2,1-2H3,(H,9,11). The molecule has 2 aromatic rings. The molecular formula is C8H12N4. The van der Waals surface area contributed by atoms with Crippen LogP contribution in [-0.2, 0) is 6.42 Å². The number of rotatable bonds is 2. The van der Waals surface area contributed by atoms with Crippen LogP contribution in [0.5, 0.6) is 0 Å². The van der Waals surface area contributed by atoms with Crippen molar-refractivity contribution in [2.75, 3.05) is 0 Å². The van der Waals surface area contributed by atoms with E-state index in [1.165, 1.54) is 0 Å². The number of aromatic nitrogens is 4. The molecule has 4 nitrogen and oxygen atoms in total. The first-order valence-electron chi connectivity index (χ1n) is 4.21. The summed E-state index contributed by atoms with van der Waals surface area (Å²) in [4.78, 5) is 3.21. The van der Waals surface area contributed by atoms with E-state index in [0.717, 1.165) is 30.0 Å². The highest BCUT2D eigenvalue weighted by atomic mass is 15.5. The van der Waals surface area contributed by atoms with Crippen LogP contribution in [0.3, 0.4) is 0 Å². The number of aromatic amines is 1. The molecule has 0 aliphatic carbocycles. The Bertz CT molecular complexity index is 353. The van der Waals surface area contributed by atoms with E-state index in [1.54, 1.807) is 4.63 Å². The van der Waals surface area contributed by atoms with Gasteiger partial charge in [-0.05, 0) is 13.3 Å². The van der Waals surface area contributed by atoms with Crippen molar-refractivity contribution < 1.29 is 0 Å². The SMILES string of the molecule is CCCc1nn2nc(C)cc2[nH]1. The summed E-state index contributed by atoms with van der Waals surface area (Å²) in [5.74, 6) is 1.01. The second-order valence-electron chi connectivity index (χ2n) is 2.98. The summed E-state index contributed by atoms with van der Waals surface area (Å²) in [6.07, 6.45) is 2.10. The van der Waals surface area contributed by atoms with Crippen molar-refractivity contribution in [3.8, 4) is 0 Å². The molecule has 0 aromatic carbocycles. The predicted octanol–water partition coefficient (Wildman–Crippen LogP) is 1.32. The summed E-state index contributed by atoms with van der Waals surface area (Å²) in [7, 11) is 0. The van der Waals surface area contributed by atoms with Gasteiger partial charge in [0.1, 0.15) is 5.82 Å². The minimum Gasteiger partial charge on any atom is -0.325 e. The maximum Gasteiger partial charge on any atom is 0.155 e. The molecule has 0 saturated heterocycles. The lowest BCUT2D eigenvalue weighted by Crippen LogP contribution is -1.90. The molecular weight excluding hydrogens is 152 g/mol. The van der Waals surface area contributed by atoms with E-state index < -0.39 is 0 Å². The molecule has 2 heterocycles. The Morgan fingerprint density at radius 2 is 2.33 bits per heavy atom. The fourth-order valence-electron chi connectivity index (χ4n) is 1.29. The van der Waals surface area contributed by atoms with E-state index in [-0.39, 0.29) is 0 Å². The van der Waals surface area contributed by atoms with Gasteiger partial charge in [-0.3, -0.25) is 0 Å². The van der Waals surface area contributed by atoms with Crippen LogP contribution in [0.1, 0.15) is 24.9 Å². The third-order valence-corrected chi connectivity index (χ3v) is 1.79. The minimum absolute atomic E-state index is 0.982. The number of hydrogen-bond acceptors (Lipinski definition) is 2. The molecule has 0 unspecified atom stereocenters. The normalized spacial score (nSPS) is 11.2. The number of fused-ring (bicyclic) bond motifs is 1. The van der Waals surface area contributed by atoms with Crippen molar-refractivity contribution >= 4 is 5.65 Å². The van der Waals surface area contributed by atoms with Crippen molar-refractivity contribution in [2.45, 2.75) is 26.7 Å². The number of hydrogen-bond donors (Lipinski definition) is 1. The third kappa shape index (κ3) is 1.09. The zero-order valence-electron chi connectivity index (χ0n) is 7.33. The van der Waals surface area contributed by atoms with E-state index in [9.17, 15) is 0 Å². The van der Waals surface area contributed by atoms with Gasteiger partial charge in [0.15, 0.2) is 5.65 Å². The molecule has 0 fully saturated rings. The van der Waals surface area contributed by atoms with E-state index in [2.05, 4.69) is 22.1 Å². The van der Waals surface area contributed by atoms with Crippen LogP contribution in [0.15, 0.2) is 6.07 Å². The molecule has 2 aromatic heterocycles. The number of nitrogens with zero attached hydrogens (tertiary/aromatic N) is 3. The smallest absolute Gasteiger partial charge is 0.155 e. The van der Waals surface area contributed by atoms with Gasteiger partial charge in [0, 0.05) is 12.5 Å². The summed E-state index contributed by atoms with van der Waals surface area (Å²) >= 11 is 0. The molecule has 0 bridgehead atoms. The maximum absolute atomic E-state index is 4.27. The first-order chi connectivity index (χ1) is 5.79. The number of nitrogens with one attached hydrogen (secondary N) is 1. The average Bonchev–Trinajstić information content (AvgIpc) is 2.44. The van der Waals surface area contributed by atoms with Crippen LogP contribution in [0.4, 0.5) is 0 Å². The van der Waals surface area contributed by atoms with Gasteiger partial charge in [-0.2, -0.15) is 5.10 Å². The van der Waals surface area contributed by atoms with Crippen molar-refractivity contribution in [1.82, 2.24) is 19.8 Å². The van der Waals surface area contributed by atoms with Crippen molar-refractivity contribution in [3.05, 3.63) is 17.6 Å². The fraction of sp³-hybridized carbons (Fsp3) is 0.500. The lowest BCUT2D eigenvalue weighted by molar-refractivity contribution is 0.757. The topological polar surface area (TPSA) is 46.0 Å². The summed E-state index contributed by atoms with van der Waals surface area (Å²) < 4.78 is 1.65. The van der Waals surface area contributed by atoms with Gasteiger partial charge in [0.2, 0.25) is 0 Å². The highest BCUT2D eigenvalue weighted by Crippen LogP contribution is 2.03. The van der Waals surface area contributed by atoms with E-state index in [0.29, 0.717) is 0 Å². The van der Waals surface area contributed by atoms with Crippen LogP contribution in [0.2, 0.25) is 0 Å². The van der Waals surface area contributed by atoms with Gasteiger partial charge in [-0.1, -0.05) is 6.92 Å². The van der Waals surface area contributed by atoms with Gasteiger partial charge < -0.3 is 4.98 Å². The molecule has 1 N–H and O–H groups in total. The Kier molecular flexibility index (Phi) is 1.60. The Labute approximate surface area is 70.6 Å². The summed E-state index contributed by atoms with van der Waals surface area (Å²) in [6, 6.07) is 1.99. The fourth-order valence-corrected chi connectivity index (χ4v) is 1.29. The van der Waals surface area contributed by atoms with E-state index >= 15 is 0 Å². The summed E-state index contributed by atoms with van der Waals surface area (Å²) in [5.41, 5.74) is 1.98. The molecule has 0 aliphatic rings. The largest absolute Gasteiger partial charge is 0.325 e. The molecule has 0 spiro atoms. The zero-order chi connectivity index (χ0) is 8.55. The lowest BCUT2D eigenvalue weighted by atomic mass is 10.3. The Hall–Kier alpha value is -1.32. The Balaban J connectivity index is 2.43. The molecule has 0 radical (unpaired) electrons. The highest BCUT2D eigenvalue weighted by molar-refractivity contribution is 5.37. The van der Waals surface area contributed by atoms with Crippen molar-refractivity contribution in [3.63, 3.8) is 0 Å². The van der Waals surface area contributed by atoms with Crippen LogP contribution in [0, 0.1) is 6.92 Å². The predicted molar refractivity (Wildman–Crippen MR) is 46.1 cm³/mol. The van der Waals surface area contributed by atoms with Crippen molar-refractivity contribution in [2.24, 2.45) is 0 Å². The van der Waals surface area contributed by atoms with Crippen LogP contribution >= 0.6 is 0 Å². The average molecular weight is 164 g/mol. The Morgan fingerprint density at radius 3 is 3.00 bits per heavy atom. The van der Waals surface area contributed by atoms with Crippen molar-refractivity contribution in [1.29, 1.82) is 0 Å². The van der Waals surface area contributed by atoms with Crippen LogP contribution in [-0.4, -0.2) is 19.8 Å². The van der Waals surface area contributed by atoms with Crippen LogP contribution < -0.4 is 0 Å². The molecule has 12 heavy (non-hydrogen) atoms. The van der Waals surface area contributed by atoms with Gasteiger partial charge >= 0.3 is 0 Å². The lowest BCUT2D eigenvalue weighted by Gasteiger charge is -1.86. The molecule has 0 amide bonds. The number of aryl methyl sites for hydroxylation is 2. The van der Waals surface area contributed by atoms with Gasteiger partial charge in [-0.15, -0.1) is 9.73 Å². The van der Waals surface area contributed by atoms with Gasteiger partial charge in [0.25, 0.3) is 0 Å². The van der Waals surface area contributed by atoms with Gasteiger partial charge in [0.05, 0.1) is 5.69 Å². The highest BCUT2D eigenvalue weighted by Gasteiger charge is 2.02. The molecule has 2 rings (SSSR count). The second kappa shape index (κ2) is 2.62. The Morgan fingerprint density at radius 1 is 1.50 bits per heavy atom.